The molecule has 1 aliphatic rings. The SMILES string of the molecule is CNC(=O)NC1=CCCC=C1NC(=O)NC. The van der Waals surface area contributed by atoms with Gasteiger partial charge in [-0.25, -0.2) is 9.59 Å². The highest BCUT2D eigenvalue weighted by atomic mass is 16.2. The van der Waals surface area contributed by atoms with Crippen molar-refractivity contribution in [3.05, 3.63) is 23.5 Å². The zero-order chi connectivity index (χ0) is 12.0. The molecule has 0 spiro atoms. The third kappa shape index (κ3) is 3.30. The summed E-state index contributed by atoms with van der Waals surface area (Å²) in [6, 6.07) is -0.615. The van der Waals surface area contributed by atoms with Crippen LogP contribution in [-0.4, -0.2) is 26.2 Å². The van der Waals surface area contributed by atoms with E-state index < -0.39 is 0 Å². The van der Waals surface area contributed by atoms with Crippen molar-refractivity contribution in [1.29, 1.82) is 0 Å². The highest BCUT2D eigenvalue weighted by Gasteiger charge is 2.12. The van der Waals surface area contributed by atoms with Crippen LogP contribution in [0, 0.1) is 0 Å². The number of rotatable bonds is 2. The smallest absolute Gasteiger partial charge is 0.319 e. The molecular formula is C10H16N4O2. The largest absolute Gasteiger partial charge is 0.341 e. The van der Waals surface area contributed by atoms with Gasteiger partial charge in [-0.05, 0) is 12.8 Å². The molecule has 0 saturated carbocycles. The van der Waals surface area contributed by atoms with E-state index in [-0.39, 0.29) is 12.1 Å². The normalized spacial score (nSPS) is 14.4. The van der Waals surface area contributed by atoms with Crippen LogP contribution in [0.3, 0.4) is 0 Å². The molecule has 0 fully saturated rings. The molecule has 4 N–H and O–H groups in total. The summed E-state index contributed by atoms with van der Waals surface area (Å²) in [5.74, 6) is 0. The van der Waals surface area contributed by atoms with Crippen LogP contribution in [0.25, 0.3) is 0 Å². The molecule has 0 bridgehead atoms. The molecular weight excluding hydrogens is 208 g/mol. The molecule has 0 radical (unpaired) electrons. The van der Waals surface area contributed by atoms with Gasteiger partial charge in [0.25, 0.3) is 0 Å². The third-order valence-corrected chi connectivity index (χ3v) is 2.10. The fourth-order valence-electron chi connectivity index (χ4n) is 1.28. The van der Waals surface area contributed by atoms with E-state index in [1.165, 1.54) is 14.1 Å². The van der Waals surface area contributed by atoms with Crippen LogP contribution in [0.15, 0.2) is 23.5 Å². The summed E-state index contributed by atoms with van der Waals surface area (Å²) in [6.45, 7) is 0. The number of carbonyl (C=O) groups is 2. The first-order valence-corrected chi connectivity index (χ1v) is 5.05. The fraction of sp³-hybridized carbons (Fsp3) is 0.400. The molecule has 0 aromatic carbocycles. The van der Waals surface area contributed by atoms with E-state index in [9.17, 15) is 9.59 Å². The molecule has 0 aromatic rings. The van der Waals surface area contributed by atoms with Crippen molar-refractivity contribution in [2.45, 2.75) is 12.8 Å². The Morgan fingerprint density at radius 3 is 1.62 bits per heavy atom. The Morgan fingerprint density at radius 1 is 0.938 bits per heavy atom. The van der Waals surface area contributed by atoms with E-state index in [1.807, 2.05) is 12.2 Å². The monoisotopic (exact) mass is 224 g/mol. The van der Waals surface area contributed by atoms with E-state index in [0.717, 1.165) is 12.8 Å². The van der Waals surface area contributed by atoms with Gasteiger partial charge in [-0.1, -0.05) is 12.2 Å². The molecule has 1 rings (SSSR count). The first-order chi connectivity index (χ1) is 7.67. The Bertz CT molecular complexity index is 313. The molecule has 4 amide bonds. The lowest BCUT2D eigenvalue weighted by molar-refractivity contribution is 0.242. The van der Waals surface area contributed by atoms with Gasteiger partial charge in [0.1, 0.15) is 0 Å². The number of nitrogens with one attached hydrogen (secondary N) is 4. The van der Waals surface area contributed by atoms with Gasteiger partial charge in [0, 0.05) is 14.1 Å². The van der Waals surface area contributed by atoms with E-state index in [1.54, 1.807) is 0 Å². The zero-order valence-corrected chi connectivity index (χ0v) is 9.39. The number of hydrogen-bond donors (Lipinski definition) is 4. The molecule has 88 valence electrons. The van der Waals surface area contributed by atoms with Crippen molar-refractivity contribution in [1.82, 2.24) is 21.3 Å². The second-order valence-corrected chi connectivity index (χ2v) is 3.22. The summed E-state index contributed by atoms with van der Waals surface area (Å²) in [7, 11) is 3.07. The molecule has 0 unspecified atom stereocenters. The van der Waals surface area contributed by atoms with Crippen molar-refractivity contribution in [3.8, 4) is 0 Å². The maximum absolute atomic E-state index is 11.2. The average Bonchev–Trinajstić information content (AvgIpc) is 2.31. The van der Waals surface area contributed by atoms with Crippen LogP contribution in [0.1, 0.15) is 12.8 Å². The van der Waals surface area contributed by atoms with Gasteiger partial charge < -0.3 is 21.3 Å². The Kier molecular flexibility index (Phi) is 4.38. The zero-order valence-electron chi connectivity index (χ0n) is 9.39. The highest BCUT2D eigenvalue weighted by Crippen LogP contribution is 2.13. The topological polar surface area (TPSA) is 82.3 Å². The summed E-state index contributed by atoms with van der Waals surface area (Å²) >= 11 is 0. The number of amides is 4. The summed E-state index contributed by atoms with van der Waals surface area (Å²) in [6.07, 6.45) is 5.44. The molecule has 0 aliphatic heterocycles. The van der Waals surface area contributed by atoms with Crippen molar-refractivity contribution in [3.63, 3.8) is 0 Å². The van der Waals surface area contributed by atoms with Gasteiger partial charge in [-0.15, -0.1) is 0 Å². The van der Waals surface area contributed by atoms with Crippen LogP contribution in [0.4, 0.5) is 9.59 Å². The van der Waals surface area contributed by atoms with E-state index >= 15 is 0 Å². The summed E-state index contributed by atoms with van der Waals surface area (Å²) in [5, 5.41) is 10.2. The van der Waals surface area contributed by atoms with E-state index in [2.05, 4.69) is 21.3 Å². The summed E-state index contributed by atoms with van der Waals surface area (Å²) in [4.78, 5) is 22.3. The molecule has 0 aromatic heterocycles. The van der Waals surface area contributed by atoms with Gasteiger partial charge in [0.05, 0.1) is 11.4 Å². The number of urea groups is 2. The molecule has 0 saturated heterocycles. The molecule has 0 atom stereocenters. The minimum absolute atomic E-state index is 0.308. The van der Waals surface area contributed by atoms with Crippen LogP contribution in [0.5, 0.6) is 0 Å². The van der Waals surface area contributed by atoms with Crippen LogP contribution in [0.2, 0.25) is 0 Å². The molecule has 16 heavy (non-hydrogen) atoms. The summed E-state index contributed by atoms with van der Waals surface area (Å²) < 4.78 is 0. The second-order valence-electron chi connectivity index (χ2n) is 3.22. The second kappa shape index (κ2) is 5.79. The van der Waals surface area contributed by atoms with Crippen molar-refractivity contribution in [2.24, 2.45) is 0 Å². The minimum atomic E-state index is -0.308. The lowest BCUT2D eigenvalue weighted by atomic mass is 10.1. The van der Waals surface area contributed by atoms with Gasteiger partial charge in [-0.2, -0.15) is 0 Å². The Balaban J connectivity index is 2.66. The lowest BCUT2D eigenvalue weighted by Gasteiger charge is -2.17. The first kappa shape index (κ1) is 12.1. The van der Waals surface area contributed by atoms with Gasteiger partial charge >= 0.3 is 12.1 Å². The van der Waals surface area contributed by atoms with Crippen LogP contribution >= 0.6 is 0 Å². The van der Waals surface area contributed by atoms with Gasteiger partial charge in [0.15, 0.2) is 0 Å². The Morgan fingerprint density at radius 2 is 1.31 bits per heavy atom. The van der Waals surface area contributed by atoms with Gasteiger partial charge in [-0.3, -0.25) is 0 Å². The Labute approximate surface area is 94.2 Å². The predicted octanol–water partition coefficient (Wildman–Crippen LogP) is 0.406. The summed E-state index contributed by atoms with van der Waals surface area (Å²) in [5.41, 5.74) is 1.24. The van der Waals surface area contributed by atoms with Crippen LogP contribution < -0.4 is 21.3 Å². The van der Waals surface area contributed by atoms with Crippen molar-refractivity contribution in [2.75, 3.05) is 14.1 Å². The molecule has 6 heteroatoms. The number of hydrogen-bond acceptors (Lipinski definition) is 2. The van der Waals surface area contributed by atoms with E-state index in [0.29, 0.717) is 11.4 Å². The standard InChI is InChI=1S/C10H16N4O2/c1-11-9(15)13-7-5-3-4-6-8(7)14-10(16)12-2/h5-6H,3-4H2,1-2H3,(H2,11,13,15)(H2,12,14,16). The number of carbonyl (C=O) groups excluding carboxylic acids is 2. The maximum Gasteiger partial charge on any atom is 0.319 e. The first-order valence-electron chi connectivity index (χ1n) is 5.05. The quantitative estimate of drug-likeness (QED) is 0.548. The van der Waals surface area contributed by atoms with E-state index in [4.69, 9.17) is 0 Å². The average molecular weight is 224 g/mol. The number of allylic oxidation sites excluding steroid dienone is 2. The third-order valence-electron chi connectivity index (χ3n) is 2.10. The minimum Gasteiger partial charge on any atom is -0.341 e. The predicted molar refractivity (Wildman–Crippen MR) is 60.6 cm³/mol. The maximum atomic E-state index is 11.2. The molecule has 1 aliphatic carbocycles. The molecule has 6 nitrogen and oxygen atoms in total. The Hall–Kier alpha value is -1.98. The molecule has 0 heterocycles. The fourth-order valence-corrected chi connectivity index (χ4v) is 1.28. The van der Waals surface area contributed by atoms with Crippen molar-refractivity contribution >= 4 is 12.1 Å². The lowest BCUT2D eigenvalue weighted by Crippen LogP contribution is -2.39. The highest BCUT2D eigenvalue weighted by molar-refractivity contribution is 5.79. The van der Waals surface area contributed by atoms with Gasteiger partial charge in [0.2, 0.25) is 0 Å². The van der Waals surface area contributed by atoms with Crippen molar-refractivity contribution < 1.29 is 9.59 Å². The van der Waals surface area contributed by atoms with Crippen LogP contribution in [-0.2, 0) is 0 Å².